The van der Waals surface area contributed by atoms with Crippen molar-refractivity contribution < 1.29 is 0 Å². The number of thioether (sulfide) groups is 1. The third-order valence-electron chi connectivity index (χ3n) is 3.67. The predicted octanol–water partition coefficient (Wildman–Crippen LogP) is 4.80. The minimum Gasteiger partial charge on any atom is -0.399 e. The Kier molecular flexibility index (Phi) is 4.83. The van der Waals surface area contributed by atoms with Crippen LogP contribution in [0, 0.1) is 18.3 Å². The van der Waals surface area contributed by atoms with E-state index >= 15 is 0 Å². The molecule has 118 valence electrons. The van der Waals surface area contributed by atoms with Gasteiger partial charge in [-0.15, -0.1) is 11.8 Å². The zero-order valence-corrected chi connectivity index (χ0v) is 14.2. The van der Waals surface area contributed by atoms with Crippen molar-refractivity contribution in [1.29, 1.82) is 5.26 Å². The molecule has 0 spiro atoms. The van der Waals surface area contributed by atoms with E-state index in [4.69, 9.17) is 5.73 Å². The second kappa shape index (κ2) is 7.20. The molecule has 2 N–H and O–H groups in total. The third-order valence-corrected chi connectivity index (χ3v) is 4.71. The average molecular weight is 331 g/mol. The lowest BCUT2D eigenvalue weighted by atomic mass is 10.0. The lowest BCUT2D eigenvalue weighted by Crippen LogP contribution is -1.95. The van der Waals surface area contributed by atoms with Gasteiger partial charge in [-0.1, -0.05) is 42.5 Å². The monoisotopic (exact) mass is 331 g/mol. The molecule has 0 saturated carbocycles. The van der Waals surface area contributed by atoms with Gasteiger partial charge >= 0.3 is 0 Å². The summed E-state index contributed by atoms with van der Waals surface area (Å²) >= 11 is 1.58. The summed E-state index contributed by atoms with van der Waals surface area (Å²) < 4.78 is 0. The number of aromatic nitrogens is 1. The number of nitrogens with two attached hydrogens (primary N) is 1. The largest absolute Gasteiger partial charge is 0.399 e. The Hall–Kier alpha value is -2.77. The molecule has 24 heavy (non-hydrogen) atoms. The van der Waals surface area contributed by atoms with Gasteiger partial charge in [0.1, 0.15) is 11.1 Å². The molecule has 1 heterocycles. The molecule has 0 aliphatic carbocycles. The lowest BCUT2D eigenvalue weighted by Gasteiger charge is -2.10. The van der Waals surface area contributed by atoms with E-state index in [-0.39, 0.29) is 0 Å². The first-order valence-electron chi connectivity index (χ1n) is 7.62. The van der Waals surface area contributed by atoms with Crippen LogP contribution in [0.5, 0.6) is 0 Å². The van der Waals surface area contributed by atoms with Crippen LogP contribution in [0.3, 0.4) is 0 Å². The molecule has 0 aliphatic rings. The van der Waals surface area contributed by atoms with Gasteiger partial charge in [0.2, 0.25) is 0 Å². The van der Waals surface area contributed by atoms with Gasteiger partial charge in [0, 0.05) is 22.7 Å². The molecular weight excluding hydrogens is 314 g/mol. The number of rotatable bonds is 4. The van der Waals surface area contributed by atoms with Gasteiger partial charge < -0.3 is 5.73 Å². The first kappa shape index (κ1) is 16.1. The summed E-state index contributed by atoms with van der Waals surface area (Å²) in [5.74, 6) is 0.750. The Balaban J connectivity index is 1.94. The molecule has 3 aromatic rings. The summed E-state index contributed by atoms with van der Waals surface area (Å²) in [4.78, 5) is 4.58. The van der Waals surface area contributed by atoms with E-state index < -0.39 is 0 Å². The molecule has 2 aromatic carbocycles. The molecule has 3 nitrogen and oxygen atoms in total. The molecule has 0 atom stereocenters. The van der Waals surface area contributed by atoms with E-state index in [0.717, 1.165) is 38.9 Å². The number of nitrogens with zero attached hydrogens (tertiary/aromatic N) is 2. The van der Waals surface area contributed by atoms with Gasteiger partial charge in [0.25, 0.3) is 0 Å². The maximum absolute atomic E-state index is 9.67. The minimum absolute atomic E-state index is 0.632. The molecule has 3 rings (SSSR count). The summed E-state index contributed by atoms with van der Waals surface area (Å²) in [5, 5.41) is 10.4. The highest BCUT2D eigenvalue weighted by Crippen LogP contribution is 2.32. The molecule has 0 saturated heterocycles. The highest BCUT2D eigenvalue weighted by Gasteiger charge is 2.13. The van der Waals surface area contributed by atoms with Gasteiger partial charge in [-0.05, 0) is 36.2 Å². The van der Waals surface area contributed by atoms with Crippen LogP contribution in [0.1, 0.15) is 16.8 Å². The predicted molar refractivity (Wildman–Crippen MR) is 99.5 cm³/mol. The Labute approximate surface area is 146 Å². The molecule has 0 radical (unpaired) electrons. The SMILES string of the molecule is Cc1cc(-c2ccccc2)c(C#N)c(SCc2ccc(N)cc2)n1. The number of hydrogen-bond donors (Lipinski definition) is 1. The number of benzene rings is 2. The van der Waals surface area contributed by atoms with Crippen molar-refractivity contribution in [3.63, 3.8) is 0 Å². The Morgan fingerprint density at radius 2 is 1.79 bits per heavy atom. The number of nitriles is 1. The molecule has 1 aromatic heterocycles. The number of nitrogen functional groups attached to an aromatic ring is 1. The quantitative estimate of drug-likeness (QED) is 0.551. The van der Waals surface area contributed by atoms with E-state index in [1.165, 1.54) is 0 Å². The van der Waals surface area contributed by atoms with Gasteiger partial charge in [-0.2, -0.15) is 5.26 Å². The van der Waals surface area contributed by atoms with Crippen molar-refractivity contribution in [3.8, 4) is 17.2 Å². The number of anilines is 1. The maximum Gasteiger partial charge on any atom is 0.115 e. The highest BCUT2D eigenvalue weighted by atomic mass is 32.2. The minimum atomic E-state index is 0.632. The van der Waals surface area contributed by atoms with Crippen LogP contribution in [-0.2, 0) is 5.75 Å². The van der Waals surface area contributed by atoms with Gasteiger partial charge in [0.05, 0.1) is 5.56 Å². The second-order valence-corrected chi connectivity index (χ2v) is 6.46. The zero-order chi connectivity index (χ0) is 16.9. The average Bonchev–Trinajstić information content (AvgIpc) is 2.61. The zero-order valence-electron chi connectivity index (χ0n) is 13.4. The van der Waals surface area contributed by atoms with Crippen LogP contribution in [0.25, 0.3) is 11.1 Å². The molecule has 0 aliphatic heterocycles. The van der Waals surface area contributed by atoms with Crippen LogP contribution in [0.2, 0.25) is 0 Å². The van der Waals surface area contributed by atoms with E-state index in [1.54, 1.807) is 11.8 Å². The summed E-state index contributed by atoms with van der Waals surface area (Å²) in [7, 11) is 0. The Morgan fingerprint density at radius 3 is 2.46 bits per heavy atom. The van der Waals surface area contributed by atoms with Crippen LogP contribution < -0.4 is 5.73 Å². The van der Waals surface area contributed by atoms with Gasteiger partial charge in [-0.25, -0.2) is 4.98 Å². The molecule has 0 fully saturated rings. The first-order chi connectivity index (χ1) is 11.7. The lowest BCUT2D eigenvalue weighted by molar-refractivity contribution is 1.05. The van der Waals surface area contributed by atoms with Gasteiger partial charge in [0.15, 0.2) is 0 Å². The fraction of sp³-hybridized carbons (Fsp3) is 0.100. The first-order valence-corrected chi connectivity index (χ1v) is 8.60. The van der Waals surface area contributed by atoms with Crippen molar-refractivity contribution in [2.45, 2.75) is 17.7 Å². The van der Waals surface area contributed by atoms with Crippen LogP contribution in [0.4, 0.5) is 5.69 Å². The fourth-order valence-corrected chi connectivity index (χ4v) is 3.47. The summed E-state index contributed by atoms with van der Waals surface area (Å²) in [5.41, 5.74) is 11.1. The van der Waals surface area contributed by atoms with Crippen LogP contribution in [-0.4, -0.2) is 4.98 Å². The maximum atomic E-state index is 9.67. The van der Waals surface area contributed by atoms with E-state index in [1.807, 2.05) is 67.6 Å². The summed E-state index contributed by atoms with van der Waals surface area (Å²) in [6.07, 6.45) is 0. The molecule has 0 unspecified atom stereocenters. The van der Waals surface area contributed by atoms with Crippen LogP contribution in [0.15, 0.2) is 65.7 Å². The molecule has 4 heteroatoms. The topological polar surface area (TPSA) is 62.7 Å². The van der Waals surface area contributed by atoms with Crippen LogP contribution >= 0.6 is 11.8 Å². The van der Waals surface area contributed by atoms with Crippen molar-refractivity contribution in [2.24, 2.45) is 0 Å². The normalized spacial score (nSPS) is 10.3. The third kappa shape index (κ3) is 3.58. The van der Waals surface area contributed by atoms with Crippen molar-refractivity contribution in [2.75, 3.05) is 5.73 Å². The standard InChI is InChI=1S/C20H17N3S/c1-14-11-18(16-5-3-2-4-6-16)19(12-21)20(23-14)24-13-15-7-9-17(22)10-8-15/h2-11H,13,22H2,1H3. The smallest absolute Gasteiger partial charge is 0.115 e. The second-order valence-electron chi connectivity index (χ2n) is 5.50. The van der Waals surface area contributed by atoms with Crippen molar-refractivity contribution >= 4 is 17.4 Å². The summed E-state index contributed by atoms with van der Waals surface area (Å²) in [6.45, 7) is 1.96. The van der Waals surface area contributed by atoms with Gasteiger partial charge in [-0.3, -0.25) is 0 Å². The number of aryl methyl sites for hydroxylation is 1. The Bertz CT molecular complexity index is 881. The molecular formula is C20H17N3S. The van der Waals surface area contributed by atoms with Crippen molar-refractivity contribution in [3.05, 3.63) is 77.5 Å². The van der Waals surface area contributed by atoms with E-state index in [9.17, 15) is 5.26 Å². The Morgan fingerprint density at radius 1 is 1.08 bits per heavy atom. The summed E-state index contributed by atoms with van der Waals surface area (Å²) in [6, 6.07) is 22.1. The van der Waals surface area contributed by atoms with Crippen molar-refractivity contribution in [1.82, 2.24) is 4.98 Å². The number of pyridine rings is 1. The van der Waals surface area contributed by atoms with E-state index in [2.05, 4.69) is 11.1 Å². The fourth-order valence-electron chi connectivity index (χ4n) is 2.47. The number of hydrogen-bond acceptors (Lipinski definition) is 4. The molecule has 0 bridgehead atoms. The molecule has 0 amide bonds. The highest BCUT2D eigenvalue weighted by molar-refractivity contribution is 7.98. The van der Waals surface area contributed by atoms with E-state index in [0.29, 0.717) is 5.56 Å².